The number of amides is 4. The Labute approximate surface area is 145 Å². The number of piperidine rings is 1. The van der Waals surface area contributed by atoms with Crippen molar-refractivity contribution in [3.05, 3.63) is 29.8 Å². The molecule has 0 bridgehead atoms. The molecule has 0 radical (unpaired) electrons. The summed E-state index contributed by atoms with van der Waals surface area (Å²) >= 11 is 0. The van der Waals surface area contributed by atoms with Crippen molar-refractivity contribution in [1.29, 1.82) is 0 Å². The van der Waals surface area contributed by atoms with E-state index >= 15 is 0 Å². The van der Waals surface area contributed by atoms with Crippen LogP contribution in [0.5, 0.6) is 0 Å². The average Bonchev–Trinajstić information content (AvgIpc) is 3.20. The smallest absolute Gasteiger partial charge is 0.322 e. The molecule has 1 spiro atoms. The molecule has 2 saturated heterocycles. The van der Waals surface area contributed by atoms with Gasteiger partial charge in [-0.2, -0.15) is 0 Å². The largest absolute Gasteiger partial charge is 0.326 e. The van der Waals surface area contributed by atoms with Gasteiger partial charge in [0.2, 0.25) is 5.91 Å². The van der Waals surface area contributed by atoms with Crippen molar-refractivity contribution in [3.8, 4) is 0 Å². The normalized spacial score (nSPS) is 29.9. The van der Waals surface area contributed by atoms with E-state index in [0.717, 1.165) is 32.4 Å². The van der Waals surface area contributed by atoms with E-state index in [0.29, 0.717) is 11.3 Å². The maximum Gasteiger partial charge on any atom is 0.322 e. The summed E-state index contributed by atoms with van der Waals surface area (Å²) in [4.78, 5) is 36.1. The zero-order chi connectivity index (χ0) is 17.7. The van der Waals surface area contributed by atoms with Crippen molar-refractivity contribution in [2.24, 2.45) is 11.3 Å². The van der Waals surface area contributed by atoms with Gasteiger partial charge in [0, 0.05) is 11.6 Å². The van der Waals surface area contributed by atoms with Crippen molar-refractivity contribution >= 4 is 23.5 Å². The highest BCUT2D eigenvalue weighted by atomic mass is 16.2. The topological polar surface area (TPSA) is 99.3 Å². The summed E-state index contributed by atoms with van der Waals surface area (Å²) in [5, 5.41) is 11.2. The maximum atomic E-state index is 12.6. The lowest BCUT2D eigenvalue weighted by molar-refractivity contribution is -0.123. The number of carbonyl (C=O) groups is 3. The molecule has 4 amide bonds. The Morgan fingerprint density at radius 3 is 2.68 bits per heavy atom. The van der Waals surface area contributed by atoms with Gasteiger partial charge in [-0.05, 0) is 62.4 Å². The first-order chi connectivity index (χ1) is 11.9. The molecule has 3 fully saturated rings. The van der Waals surface area contributed by atoms with Gasteiger partial charge in [0.1, 0.15) is 5.54 Å². The van der Waals surface area contributed by atoms with E-state index in [1.54, 1.807) is 31.2 Å². The Hall–Kier alpha value is -2.41. The monoisotopic (exact) mass is 342 g/mol. The predicted octanol–water partition coefficient (Wildman–Crippen LogP) is 1.07. The molecular weight excluding hydrogens is 320 g/mol. The first kappa shape index (κ1) is 16.1. The molecule has 2 unspecified atom stereocenters. The van der Waals surface area contributed by atoms with Crippen LogP contribution in [0.15, 0.2) is 24.3 Å². The van der Waals surface area contributed by atoms with E-state index < -0.39 is 17.5 Å². The summed E-state index contributed by atoms with van der Waals surface area (Å²) in [6, 6.07) is 6.60. The molecule has 7 heteroatoms. The standard InChI is InChI=1S/C18H22N4O3/c1-17(15(24)21-16(25)22-17)11-3-2-4-12(9-11)20-14(23)13-10-18(13)5-7-19-8-6-18/h2-4,9,13,19H,5-8,10H2,1H3,(H,20,23)(H2,21,22,24,25). The maximum absolute atomic E-state index is 12.6. The minimum atomic E-state index is -1.12. The van der Waals surface area contributed by atoms with Gasteiger partial charge in [-0.15, -0.1) is 0 Å². The van der Waals surface area contributed by atoms with E-state index in [9.17, 15) is 14.4 Å². The van der Waals surface area contributed by atoms with Crippen molar-refractivity contribution in [2.75, 3.05) is 18.4 Å². The molecule has 132 valence electrons. The number of benzene rings is 1. The molecule has 1 aromatic rings. The molecule has 0 aromatic heterocycles. The molecule has 1 aliphatic carbocycles. The molecule has 3 aliphatic rings. The van der Waals surface area contributed by atoms with Gasteiger partial charge < -0.3 is 16.0 Å². The minimum absolute atomic E-state index is 0.0455. The Morgan fingerprint density at radius 1 is 1.24 bits per heavy atom. The van der Waals surface area contributed by atoms with Crippen LogP contribution in [0.1, 0.15) is 31.7 Å². The number of hydrogen-bond acceptors (Lipinski definition) is 4. The van der Waals surface area contributed by atoms with Gasteiger partial charge in [-0.1, -0.05) is 12.1 Å². The van der Waals surface area contributed by atoms with Crippen LogP contribution < -0.4 is 21.3 Å². The van der Waals surface area contributed by atoms with Gasteiger partial charge in [0.15, 0.2) is 0 Å². The Morgan fingerprint density at radius 2 is 2.00 bits per heavy atom. The third-order valence-electron chi connectivity index (χ3n) is 5.86. The van der Waals surface area contributed by atoms with E-state index in [-0.39, 0.29) is 17.2 Å². The zero-order valence-electron chi connectivity index (χ0n) is 14.1. The average molecular weight is 342 g/mol. The van der Waals surface area contributed by atoms with E-state index in [1.807, 2.05) is 0 Å². The third kappa shape index (κ3) is 2.68. The van der Waals surface area contributed by atoms with Gasteiger partial charge in [0.05, 0.1) is 0 Å². The summed E-state index contributed by atoms with van der Waals surface area (Å²) in [6.07, 6.45) is 3.06. The molecule has 4 N–H and O–H groups in total. The second kappa shape index (κ2) is 5.56. The lowest BCUT2D eigenvalue weighted by Gasteiger charge is -2.23. The van der Waals surface area contributed by atoms with E-state index in [1.165, 1.54) is 0 Å². The van der Waals surface area contributed by atoms with Crippen LogP contribution in [0.3, 0.4) is 0 Å². The van der Waals surface area contributed by atoms with Crippen molar-refractivity contribution in [1.82, 2.24) is 16.0 Å². The Balaban J connectivity index is 1.48. The predicted molar refractivity (Wildman–Crippen MR) is 91.7 cm³/mol. The summed E-state index contributed by atoms with van der Waals surface area (Å²) in [5.41, 5.74) is 0.348. The Kier molecular flexibility index (Phi) is 3.57. The molecule has 25 heavy (non-hydrogen) atoms. The highest BCUT2D eigenvalue weighted by Crippen LogP contribution is 2.58. The van der Waals surface area contributed by atoms with Gasteiger partial charge in [0.25, 0.3) is 5.91 Å². The van der Waals surface area contributed by atoms with Crippen molar-refractivity contribution in [2.45, 2.75) is 31.7 Å². The molecule has 1 saturated carbocycles. The summed E-state index contributed by atoms with van der Waals surface area (Å²) < 4.78 is 0. The molecule has 2 heterocycles. The lowest BCUT2D eigenvalue weighted by Crippen LogP contribution is -2.40. The number of rotatable bonds is 3. The minimum Gasteiger partial charge on any atom is -0.326 e. The van der Waals surface area contributed by atoms with Crippen LogP contribution in [-0.4, -0.2) is 30.9 Å². The first-order valence-corrected chi connectivity index (χ1v) is 8.69. The molecular formula is C18H22N4O3. The quantitative estimate of drug-likeness (QED) is 0.618. The second-order valence-electron chi connectivity index (χ2n) is 7.47. The number of imide groups is 1. The highest BCUT2D eigenvalue weighted by Gasteiger charge is 2.57. The van der Waals surface area contributed by atoms with Crippen molar-refractivity contribution in [3.63, 3.8) is 0 Å². The lowest BCUT2D eigenvalue weighted by atomic mass is 9.91. The second-order valence-corrected chi connectivity index (χ2v) is 7.47. The SMILES string of the molecule is CC1(c2cccc(NC(=O)C3CC34CCNCC4)c2)NC(=O)NC1=O. The number of nitrogens with one attached hydrogen (secondary N) is 4. The molecule has 7 nitrogen and oxygen atoms in total. The zero-order valence-corrected chi connectivity index (χ0v) is 14.1. The van der Waals surface area contributed by atoms with E-state index in [4.69, 9.17) is 0 Å². The number of urea groups is 1. The molecule has 4 rings (SSSR count). The highest BCUT2D eigenvalue weighted by molar-refractivity contribution is 6.07. The van der Waals surface area contributed by atoms with Crippen LogP contribution in [0.4, 0.5) is 10.5 Å². The van der Waals surface area contributed by atoms with Crippen LogP contribution >= 0.6 is 0 Å². The fourth-order valence-corrected chi connectivity index (χ4v) is 4.08. The molecule has 2 aliphatic heterocycles. The van der Waals surface area contributed by atoms with Crippen LogP contribution in [-0.2, 0) is 15.1 Å². The molecule has 1 aromatic carbocycles. The number of hydrogen-bond donors (Lipinski definition) is 4. The van der Waals surface area contributed by atoms with Crippen LogP contribution in [0.25, 0.3) is 0 Å². The summed E-state index contributed by atoms with van der Waals surface area (Å²) in [5.74, 6) is -0.274. The van der Waals surface area contributed by atoms with Gasteiger partial charge in [-0.3, -0.25) is 14.9 Å². The van der Waals surface area contributed by atoms with E-state index in [2.05, 4.69) is 21.3 Å². The molecule has 2 atom stereocenters. The number of anilines is 1. The summed E-state index contributed by atoms with van der Waals surface area (Å²) in [6.45, 7) is 3.61. The third-order valence-corrected chi connectivity index (χ3v) is 5.86. The van der Waals surface area contributed by atoms with Crippen molar-refractivity contribution < 1.29 is 14.4 Å². The van der Waals surface area contributed by atoms with Gasteiger partial charge >= 0.3 is 6.03 Å². The fourth-order valence-electron chi connectivity index (χ4n) is 4.08. The Bertz CT molecular complexity index is 756. The summed E-state index contributed by atoms with van der Waals surface area (Å²) in [7, 11) is 0. The van der Waals surface area contributed by atoms with Gasteiger partial charge in [-0.25, -0.2) is 4.79 Å². The first-order valence-electron chi connectivity index (χ1n) is 8.69. The number of carbonyl (C=O) groups excluding carboxylic acids is 3. The van der Waals surface area contributed by atoms with Crippen LogP contribution in [0.2, 0.25) is 0 Å². The van der Waals surface area contributed by atoms with Crippen LogP contribution in [0, 0.1) is 11.3 Å². The fraction of sp³-hybridized carbons (Fsp3) is 0.500.